The third-order valence-electron chi connectivity index (χ3n) is 2.11. The van der Waals surface area contributed by atoms with E-state index in [1.54, 1.807) is 18.7 Å². The summed E-state index contributed by atoms with van der Waals surface area (Å²) in [6.45, 7) is 3.73. The van der Waals surface area contributed by atoms with E-state index in [9.17, 15) is 9.50 Å². The Bertz CT molecular complexity index is 310. The summed E-state index contributed by atoms with van der Waals surface area (Å²) < 4.78 is 13.8. The van der Waals surface area contributed by atoms with E-state index in [1.807, 2.05) is 13.0 Å². The number of thioether (sulfide) groups is 1. The van der Waals surface area contributed by atoms with Crippen LogP contribution < -0.4 is 0 Å². The maximum Gasteiger partial charge on any atom is 0.124 e. The Morgan fingerprint density at radius 3 is 2.60 bits per heavy atom. The Labute approximate surface area is 102 Å². The molecule has 1 aromatic carbocycles. The maximum absolute atomic E-state index is 13.0. The van der Waals surface area contributed by atoms with Crippen molar-refractivity contribution in [3.8, 4) is 0 Å². The summed E-state index contributed by atoms with van der Waals surface area (Å²) in [7, 11) is 0. The van der Waals surface area contributed by atoms with Crippen LogP contribution in [0.5, 0.6) is 0 Å². The largest absolute Gasteiger partial charge is 0.392 e. The van der Waals surface area contributed by atoms with Crippen molar-refractivity contribution in [2.45, 2.75) is 31.0 Å². The molecule has 0 fully saturated rings. The molecule has 0 amide bonds. The third kappa shape index (κ3) is 4.53. The molecule has 2 unspecified atom stereocenters. The van der Waals surface area contributed by atoms with E-state index < -0.39 is 0 Å². The molecule has 1 rings (SSSR count). The first-order valence-corrected chi connectivity index (χ1v) is 6.58. The zero-order valence-corrected chi connectivity index (χ0v) is 11.1. The normalized spacial score (nSPS) is 15.0. The fourth-order valence-corrected chi connectivity index (χ4v) is 2.47. The van der Waals surface area contributed by atoms with Crippen LogP contribution in [0.25, 0.3) is 0 Å². The lowest BCUT2D eigenvalue weighted by molar-refractivity contribution is 0.196. The Balaban J connectivity index is 2.57. The molecule has 4 heteroatoms. The van der Waals surface area contributed by atoms with Crippen molar-refractivity contribution >= 4 is 27.7 Å². The average Bonchev–Trinajstić information content (AvgIpc) is 2.12. The summed E-state index contributed by atoms with van der Waals surface area (Å²) in [5, 5.41) is 9.46. The molecular formula is C11H14BrFOS. The number of halogens is 2. The third-order valence-corrected chi connectivity index (χ3v) is 3.99. The predicted molar refractivity (Wildman–Crippen MR) is 66.5 cm³/mol. The van der Waals surface area contributed by atoms with Gasteiger partial charge in [-0.2, -0.15) is 11.8 Å². The Hall–Kier alpha value is -0.0600. The summed E-state index contributed by atoms with van der Waals surface area (Å²) in [5.74, 6) is 0.479. The van der Waals surface area contributed by atoms with Crippen LogP contribution in [-0.4, -0.2) is 16.5 Å². The first-order chi connectivity index (χ1) is 6.99. The second-order valence-electron chi connectivity index (χ2n) is 3.53. The van der Waals surface area contributed by atoms with Crippen LogP contribution in [0.3, 0.4) is 0 Å². The lowest BCUT2D eigenvalue weighted by Gasteiger charge is -2.13. The quantitative estimate of drug-likeness (QED) is 0.915. The second kappa shape index (κ2) is 5.87. The van der Waals surface area contributed by atoms with Crippen molar-refractivity contribution in [2.75, 3.05) is 0 Å². The lowest BCUT2D eigenvalue weighted by Crippen LogP contribution is -2.15. The summed E-state index contributed by atoms with van der Waals surface area (Å²) in [6, 6.07) is 4.85. The fraction of sp³-hybridized carbons (Fsp3) is 0.455. The first kappa shape index (κ1) is 13.0. The SMILES string of the molecule is CC(O)C(C)SCc1cc(F)cc(Br)c1. The van der Waals surface area contributed by atoms with E-state index in [4.69, 9.17) is 0 Å². The molecule has 1 nitrogen and oxygen atoms in total. The molecule has 84 valence electrons. The minimum Gasteiger partial charge on any atom is -0.392 e. The molecule has 0 heterocycles. The average molecular weight is 293 g/mol. The van der Waals surface area contributed by atoms with Gasteiger partial charge in [0.2, 0.25) is 0 Å². The van der Waals surface area contributed by atoms with Crippen LogP contribution >= 0.6 is 27.7 Å². The van der Waals surface area contributed by atoms with E-state index in [0.717, 1.165) is 10.0 Å². The van der Waals surface area contributed by atoms with Gasteiger partial charge in [0.05, 0.1) is 6.10 Å². The number of aliphatic hydroxyl groups is 1. The standard InChI is InChI=1S/C11H14BrFOS/c1-7(14)8(2)15-6-9-3-10(12)5-11(13)4-9/h3-5,7-8,14H,6H2,1-2H3. The van der Waals surface area contributed by atoms with Crippen molar-refractivity contribution in [3.05, 3.63) is 34.1 Å². The molecule has 15 heavy (non-hydrogen) atoms. The summed E-state index contributed by atoms with van der Waals surface area (Å²) in [6.07, 6.45) is -0.341. The minimum atomic E-state index is -0.341. The zero-order chi connectivity index (χ0) is 11.4. The van der Waals surface area contributed by atoms with Crippen molar-refractivity contribution in [2.24, 2.45) is 0 Å². The van der Waals surface area contributed by atoms with E-state index >= 15 is 0 Å². The van der Waals surface area contributed by atoms with Gasteiger partial charge in [-0.25, -0.2) is 4.39 Å². The highest BCUT2D eigenvalue weighted by Gasteiger charge is 2.09. The molecule has 0 aliphatic rings. The van der Waals surface area contributed by atoms with Gasteiger partial charge >= 0.3 is 0 Å². The zero-order valence-electron chi connectivity index (χ0n) is 8.71. The Kier molecular flexibility index (Phi) is 5.09. The van der Waals surface area contributed by atoms with Gasteiger partial charge in [-0.15, -0.1) is 0 Å². The van der Waals surface area contributed by atoms with Gasteiger partial charge in [0.15, 0.2) is 0 Å². The molecule has 0 radical (unpaired) electrons. The van der Waals surface area contributed by atoms with Crippen LogP contribution in [0.15, 0.2) is 22.7 Å². The van der Waals surface area contributed by atoms with E-state index in [-0.39, 0.29) is 17.2 Å². The van der Waals surface area contributed by atoms with Crippen LogP contribution in [0.4, 0.5) is 4.39 Å². The Morgan fingerprint density at radius 2 is 2.07 bits per heavy atom. The van der Waals surface area contributed by atoms with Gasteiger partial charge in [-0.05, 0) is 30.7 Å². The minimum absolute atomic E-state index is 0.159. The predicted octanol–water partition coefficient (Wildman–Crippen LogP) is 3.59. The number of hydrogen-bond acceptors (Lipinski definition) is 2. The molecular weight excluding hydrogens is 279 g/mol. The molecule has 0 saturated heterocycles. The molecule has 1 N–H and O–H groups in total. The van der Waals surface area contributed by atoms with Crippen molar-refractivity contribution < 1.29 is 9.50 Å². The van der Waals surface area contributed by atoms with Gasteiger partial charge in [0.1, 0.15) is 5.82 Å². The van der Waals surface area contributed by atoms with Crippen LogP contribution in [-0.2, 0) is 5.75 Å². The van der Waals surface area contributed by atoms with Crippen LogP contribution in [0, 0.1) is 5.82 Å². The molecule has 0 aromatic heterocycles. The van der Waals surface area contributed by atoms with Crippen LogP contribution in [0.1, 0.15) is 19.4 Å². The van der Waals surface area contributed by atoms with E-state index in [0.29, 0.717) is 5.75 Å². The highest BCUT2D eigenvalue weighted by Crippen LogP contribution is 2.23. The highest BCUT2D eigenvalue weighted by atomic mass is 79.9. The van der Waals surface area contributed by atoms with E-state index in [1.165, 1.54) is 12.1 Å². The maximum atomic E-state index is 13.0. The Morgan fingerprint density at radius 1 is 1.40 bits per heavy atom. The molecule has 0 aliphatic heterocycles. The molecule has 0 saturated carbocycles. The van der Waals surface area contributed by atoms with Gasteiger partial charge in [0, 0.05) is 15.5 Å². The number of aliphatic hydroxyl groups excluding tert-OH is 1. The topological polar surface area (TPSA) is 20.2 Å². The van der Waals surface area contributed by atoms with Gasteiger partial charge in [-0.3, -0.25) is 0 Å². The first-order valence-electron chi connectivity index (χ1n) is 4.73. The highest BCUT2D eigenvalue weighted by molar-refractivity contribution is 9.10. The second-order valence-corrected chi connectivity index (χ2v) is 5.82. The van der Waals surface area contributed by atoms with Crippen molar-refractivity contribution in [3.63, 3.8) is 0 Å². The van der Waals surface area contributed by atoms with Gasteiger partial charge in [0.25, 0.3) is 0 Å². The summed E-state index contributed by atoms with van der Waals surface area (Å²) in [4.78, 5) is 0. The molecule has 0 bridgehead atoms. The number of benzene rings is 1. The number of hydrogen-bond donors (Lipinski definition) is 1. The molecule has 2 atom stereocenters. The summed E-state index contributed by atoms with van der Waals surface area (Å²) >= 11 is 4.87. The van der Waals surface area contributed by atoms with Gasteiger partial charge in [-0.1, -0.05) is 22.9 Å². The lowest BCUT2D eigenvalue weighted by atomic mass is 10.2. The van der Waals surface area contributed by atoms with Gasteiger partial charge < -0.3 is 5.11 Å². The molecule has 0 aliphatic carbocycles. The van der Waals surface area contributed by atoms with E-state index in [2.05, 4.69) is 15.9 Å². The monoisotopic (exact) mass is 292 g/mol. The molecule has 0 spiro atoms. The number of rotatable bonds is 4. The smallest absolute Gasteiger partial charge is 0.124 e. The summed E-state index contributed by atoms with van der Waals surface area (Å²) in [5.41, 5.74) is 0.930. The van der Waals surface area contributed by atoms with Crippen molar-refractivity contribution in [1.29, 1.82) is 0 Å². The fourth-order valence-electron chi connectivity index (χ4n) is 1.06. The van der Waals surface area contributed by atoms with Crippen molar-refractivity contribution in [1.82, 2.24) is 0 Å². The molecule has 1 aromatic rings. The van der Waals surface area contributed by atoms with Crippen LogP contribution in [0.2, 0.25) is 0 Å².